The lowest BCUT2D eigenvalue weighted by molar-refractivity contribution is -0.145. The fraction of sp³-hybridized carbons (Fsp3) is 0.282. The highest BCUT2D eigenvalue weighted by Crippen LogP contribution is 2.30. The van der Waals surface area contributed by atoms with E-state index in [1.54, 1.807) is 160 Å². The molecule has 0 saturated heterocycles. The summed E-state index contributed by atoms with van der Waals surface area (Å²) in [6, 6.07) is 70.9. The molecule has 30 nitrogen and oxygen atoms in total. The van der Waals surface area contributed by atoms with Gasteiger partial charge in [-0.15, -0.1) is 11.6 Å². The molecule has 0 aromatic heterocycles. The molecule has 31 heteroatoms. The van der Waals surface area contributed by atoms with Gasteiger partial charge in [-0.05, 0) is 203 Å². The van der Waals surface area contributed by atoms with Crippen LogP contribution in [0.1, 0.15) is 55.3 Å². The first-order valence-electron chi connectivity index (χ1n) is 42.2. The molecule has 0 aliphatic rings. The van der Waals surface area contributed by atoms with E-state index < -0.39 is 41.8 Å². The zero-order valence-electron chi connectivity index (χ0n) is 74.0. The van der Waals surface area contributed by atoms with Crippen LogP contribution < -0.4 is 47.4 Å². The number of esters is 8. The molecule has 10 aromatic rings. The summed E-state index contributed by atoms with van der Waals surface area (Å²) in [6.45, 7) is 17.5. The van der Waals surface area contributed by atoms with E-state index in [4.69, 9.17) is 116 Å². The van der Waals surface area contributed by atoms with Gasteiger partial charge in [0.1, 0.15) is 110 Å². The number of carbonyl (C=O) groups is 8. The number of hydrogen-bond acceptors (Lipinski definition) is 30. The van der Waals surface area contributed by atoms with Crippen LogP contribution in [0.3, 0.4) is 0 Å². The average Bonchev–Trinajstić information content (AvgIpc) is 0.913. The molecule has 0 bridgehead atoms. The average molecular weight is 1860 g/mol. The first-order chi connectivity index (χ1) is 65.0. The van der Waals surface area contributed by atoms with Crippen LogP contribution in [-0.2, 0) is 76.0 Å². The van der Waals surface area contributed by atoms with Crippen molar-refractivity contribution in [2.45, 2.75) is 13.8 Å². The number of hydrogen-bond donors (Lipinski definition) is 0. The molecule has 0 radical (unpaired) electrons. The lowest BCUT2D eigenvalue weighted by atomic mass is 10.1. The van der Waals surface area contributed by atoms with Gasteiger partial charge in [-0.3, -0.25) is 4.79 Å². The van der Waals surface area contributed by atoms with Crippen LogP contribution in [-0.4, -0.2) is 226 Å². The SMILES string of the molecule is C.C=CC(=O)OCCOCCOCCOc1ccc(C(=O)Oc2ccc(-c3ccc(OC(=O)c4ccc(OCCOCCOCCOC(=O)C=C)cc4)cc3)cc2)cc1.C=CC(=O)OCCOCCOCCOc1ccc(C(=O)Oc2ccc(-c3ccc(OC)cc3)cc2)cc1.COc1ccc(-c2ccc(OC(=O)c3ccc(OCCOCCOCCOC(=O)CCCl)cc3)cc2)cc1. The van der Waals surface area contributed by atoms with Gasteiger partial charge in [-0.25, -0.2) is 33.6 Å². The molecule has 0 fully saturated rings. The smallest absolute Gasteiger partial charge is 0.343 e. The molecule has 0 heterocycles. The first-order valence-corrected chi connectivity index (χ1v) is 42.8. The number of carbonyl (C=O) groups excluding carboxylic acids is 8. The van der Waals surface area contributed by atoms with Crippen LogP contribution in [0.2, 0.25) is 0 Å². The predicted molar refractivity (Wildman–Crippen MR) is 499 cm³/mol. The maximum atomic E-state index is 12.7. The molecule has 10 aromatic carbocycles. The van der Waals surface area contributed by atoms with Crippen LogP contribution in [0.15, 0.2) is 281 Å². The second kappa shape index (κ2) is 63.9. The summed E-state index contributed by atoms with van der Waals surface area (Å²) in [7, 11) is 3.26. The standard InChI is InChI=1S/C44H46O14.C29H31ClO8.C29H30O8.CH4/c1-3-41(45)55-31-27-51-23-21-49-25-29-53-37-13-9-35(10-14-37)43(47)57-39-17-5-33(6-18-39)34-7-19-40(20-8-34)58-44(48)36-11-15-38(16-12-36)54-30-26-50-22-24-52-28-32-56-42(46)4-2;1-33-25-8-2-22(3-9-25)23-4-12-27(13-5-23)38-29(32)24-6-10-26(11-7-24)36-20-18-34-16-17-35-19-21-37-28(31)14-15-30;1-3-28(30)36-21-19-34-17-16-33-18-20-35-26-12-8-24(9-13-26)29(31)37-27-14-6-23(7-15-27)22-4-10-25(32-2)11-5-22;/h3-20H,1-2,21-32H2;2-13H,14-21H2,1H3;3-15H,1,16-21H2,2H3;1H4. The summed E-state index contributed by atoms with van der Waals surface area (Å²) >= 11 is 5.45. The summed E-state index contributed by atoms with van der Waals surface area (Å²) in [4.78, 5) is 94.3. The van der Waals surface area contributed by atoms with E-state index in [9.17, 15) is 38.4 Å². The number of alkyl halides is 1. The van der Waals surface area contributed by atoms with Gasteiger partial charge < -0.3 is 104 Å². The van der Waals surface area contributed by atoms with Crippen molar-refractivity contribution in [3.05, 3.63) is 303 Å². The number of benzene rings is 10. The number of ether oxygens (including phenoxy) is 22. The second-order valence-electron chi connectivity index (χ2n) is 27.3. The monoisotopic (exact) mass is 1860 g/mol. The van der Waals surface area contributed by atoms with Crippen molar-refractivity contribution < 1.29 is 143 Å². The Bertz CT molecular complexity index is 4980. The van der Waals surface area contributed by atoms with Crippen molar-refractivity contribution in [2.75, 3.05) is 179 Å². The van der Waals surface area contributed by atoms with Crippen molar-refractivity contribution in [1.82, 2.24) is 0 Å². The number of methoxy groups -OCH3 is 2. The highest BCUT2D eigenvalue weighted by molar-refractivity contribution is 6.18. The molecular weight excluding hydrogens is 1750 g/mol. The summed E-state index contributed by atoms with van der Waals surface area (Å²) < 4.78 is 117. The topological polar surface area (TPSA) is 340 Å². The van der Waals surface area contributed by atoms with Gasteiger partial charge >= 0.3 is 47.8 Å². The van der Waals surface area contributed by atoms with Crippen molar-refractivity contribution in [3.8, 4) is 90.9 Å². The second-order valence-corrected chi connectivity index (χ2v) is 27.7. The van der Waals surface area contributed by atoms with Crippen molar-refractivity contribution in [1.29, 1.82) is 0 Å². The van der Waals surface area contributed by atoms with Crippen LogP contribution in [0.5, 0.6) is 57.5 Å². The molecule has 0 aliphatic heterocycles. The summed E-state index contributed by atoms with van der Waals surface area (Å²) in [6.07, 6.45) is 3.49. The quantitative estimate of drug-likeness (QED) is 0.00853. The largest absolute Gasteiger partial charge is 0.497 e. The molecule has 134 heavy (non-hydrogen) atoms. The molecule has 0 saturated carbocycles. The lowest BCUT2D eigenvalue weighted by Gasteiger charge is -2.10. The molecule has 710 valence electrons. The Hall–Kier alpha value is -14.1. The van der Waals surface area contributed by atoms with E-state index in [-0.39, 0.29) is 65.3 Å². The van der Waals surface area contributed by atoms with Gasteiger partial charge in [0.25, 0.3) is 0 Å². The maximum Gasteiger partial charge on any atom is 0.343 e. The van der Waals surface area contributed by atoms with Crippen molar-refractivity contribution >= 4 is 59.4 Å². The first kappa shape index (κ1) is 107. The molecule has 0 amide bonds. The fourth-order valence-corrected chi connectivity index (χ4v) is 11.3. The van der Waals surface area contributed by atoms with E-state index in [2.05, 4.69) is 19.7 Å². The van der Waals surface area contributed by atoms with Gasteiger partial charge in [-0.1, -0.05) is 100.0 Å². The lowest BCUT2D eigenvalue weighted by Crippen LogP contribution is -2.14. The minimum absolute atomic E-state index is 0. The van der Waals surface area contributed by atoms with Gasteiger partial charge in [0.15, 0.2) is 0 Å². The molecule has 0 atom stereocenters. The minimum atomic E-state index is -0.512. The third-order valence-electron chi connectivity index (χ3n) is 18.0. The molecular formula is C103H111ClO30. The highest BCUT2D eigenvalue weighted by Gasteiger charge is 2.17. The Kier molecular flexibility index (Phi) is 51.0. The summed E-state index contributed by atoms with van der Waals surface area (Å²) in [5.41, 5.74) is 7.40. The van der Waals surface area contributed by atoms with E-state index in [0.29, 0.717) is 187 Å². The van der Waals surface area contributed by atoms with Crippen LogP contribution >= 0.6 is 11.6 Å². The van der Waals surface area contributed by atoms with Gasteiger partial charge in [-0.2, -0.15) is 0 Å². The van der Waals surface area contributed by atoms with Gasteiger partial charge in [0.2, 0.25) is 0 Å². The van der Waals surface area contributed by atoms with Crippen molar-refractivity contribution in [2.24, 2.45) is 0 Å². The Morgan fingerprint density at radius 3 is 0.590 bits per heavy atom. The molecule has 0 aliphatic carbocycles. The Balaban J connectivity index is 0.000000284. The van der Waals surface area contributed by atoms with E-state index in [1.807, 2.05) is 97.1 Å². The number of halogens is 1. The minimum Gasteiger partial charge on any atom is -0.497 e. The third-order valence-corrected chi connectivity index (χ3v) is 18.2. The normalized spacial score (nSPS) is 10.4. The fourth-order valence-electron chi connectivity index (χ4n) is 11.1. The summed E-state index contributed by atoms with van der Waals surface area (Å²) in [5, 5.41) is 0. The van der Waals surface area contributed by atoms with E-state index in [1.165, 1.54) is 0 Å². The highest BCUT2D eigenvalue weighted by atomic mass is 35.5. The van der Waals surface area contributed by atoms with Crippen LogP contribution in [0.25, 0.3) is 33.4 Å². The Morgan fingerprint density at radius 2 is 0.403 bits per heavy atom. The summed E-state index contributed by atoms with van der Waals surface area (Å²) in [5.74, 6) is 2.18. The Morgan fingerprint density at radius 1 is 0.231 bits per heavy atom. The van der Waals surface area contributed by atoms with E-state index in [0.717, 1.165) is 63.1 Å². The molecule has 0 spiro atoms. The molecule has 0 N–H and O–H groups in total. The van der Waals surface area contributed by atoms with Gasteiger partial charge in [0.05, 0.1) is 149 Å². The molecule has 10 rings (SSSR count). The maximum absolute atomic E-state index is 12.7. The molecule has 0 unspecified atom stereocenters. The van der Waals surface area contributed by atoms with Crippen LogP contribution in [0, 0.1) is 0 Å². The third kappa shape index (κ3) is 42.4. The van der Waals surface area contributed by atoms with Crippen LogP contribution in [0.4, 0.5) is 0 Å². The zero-order chi connectivity index (χ0) is 94.5. The Labute approximate surface area is 784 Å². The van der Waals surface area contributed by atoms with Crippen molar-refractivity contribution in [3.63, 3.8) is 0 Å². The number of rotatable bonds is 58. The van der Waals surface area contributed by atoms with Gasteiger partial charge in [0, 0.05) is 24.1 Å². The van der Waals surface area contributed by atoms with E-state index >= 15 is 0 Å². The zero-order valence-corrected chi connectivity index (χ0v) is 74.7. The predicted octanol–water partition coefficient (Wildman–Crippen LogP) is 16.6.